The summed E-state index contributed by atoms with van der Waals surface area (Å²) in [6, 6.07) is 5.61. The van der Waals surface area contributed by atoms with Gasteiger partial charge in [0.05, 0.1) is 4.92 Å². The molecule has 1 atom stereocenters. The van der Waals surface area contributed by atoms with Gasteiger partial charge in [-0.1, -0.05) is 25.5 Å². The summed E-state index contributed by atoms with van der Waals surface area (Å²) in [5.74, 6) is 0. The molecule has 94 valence electrons. The van der Waals surface area contributed by atoms with Gasteiger partial charge in [0.25, 0.3) is 5.69 Å². The van der Waals surface area contributed by atoms with E-state index < -0.39 is 0 Å². The van der Waals surface area contributed by atoms with Crippen molar-refractivity contribution in [1.29, 1.82) is 0 Å². The molecule has 0 saturated carbocycles. The predicted molar refractivity (Wildman–Crippen MR) is 69.3 cm³/mol. The minimum Gasteiger partial charge on any atom is -0.314 e. The molecule has 0 aliphatic heterocycles. The molecule has 0 bridgehead atoms. The normalized spacial score (nSPS) is 12.4. The van der Waals surface area contributed by atoms with Crippen molar-refractivity contribution in [2.45, 2.75) is 39.7 Å². The van der Waals surface area contributed by atoms with Crippen LogP contribution in [0.4, 0.5) is 5.69 Å². The number of hydrogen-bond donors (Lipinski definition) is 1. The van der Waals surface area contributed by atoms with E-state index in [-0.39, 0.29) is 10.6 Å². The van der Waals surface area contributed by atoms with E-state index in [1.807, 2.05) is 19.9 Å². The predicted octanol–water partition coefficient (Wildman–Crippen LogP) is 2.83. The first-order chi connectivity index (χ1) is 8.08. The van der Waals surface area contributed by atoms with E-state index in [9.17, 15) is 10.1 Å². The zero-order chi connectivity index (χ0) is 12.8. The van der Waals surface area contributed by atoms with Gasteiger partial charge in [-0.25, -0.2) is 0 Å². The van der Waals surface area contributed by atoms with Gasteiger partial charge in [0, 0.05) is 17.7 Å². The highest BCUT2D eigenvalue weighted by molar-refractivity contribution is 5.43. The molecule has 0 saturated heterocycles. The molecule has 0 amide bonds. The van der Waals surface area contributed by atoms with Crippen molar-refractivity contribution in [3.63, 3.8) is 0 Å². The van der Waals surface area contributed by atoms with Gasteiger partial charge in [0.1, 0.15) is 0 Å². The van der Waals surface area contributed by atoms with Gasteiger partial charge in [-0.15, -0.1) is 0 Å². The molecule has 1 rings (SSSR count). The Balaban J connectivity index is 2.94. The number of nitrogens with zero attached hydrogens (tertiary/aromatic N) is 1. The molecule has 0 aromatic heterocycles. The molecule has 0 spiro atoms. The van der Waals surface area contributed by atoms with Crippen LogP contribution in [0.2, 0.25) is 0 Å². The van der Waals surface area contributed by atoms with Crippen LogP contribution < -0.4 is 5.32 Å². The average molecular weight is 236 g/mol. The van der Waals surface area contributed by atoms with E-state index in [1.165, 1.54) is 0 Å². The van der Waals surface area contributed by atoms with Crippen LogP contribution in [0.15, 0.2) is 18.2 Å². The number of rotatable bonds is 6. The van der Waals surface area contributed by atoms with Crippen molar-refractivity contribution in [3.8, 4) is 0 Å². The van der Waals surface area contributed by atoms with Crippen LogP contribution in [-0.4, -0.2) is 17.5 Å². The van der Waals surface area contributed by atoms with Crippen molar-refractivity contribution in [2.24, 2.45) is 0 Å². The summed E-state index contributed by atoms with van der Waals surface area (Å²) in [5, 5.41) is 14.3. The maximum Gasteiger partial charge on any atom is 0.272 e. The van der Waals surface area contributed by atoms with Gasteiger partial charge in [-0.3, -0.25) is 10.1 Å². The van der Waals surface area contributed by atoms with Crippen LogP contribution in [0.25, 0.3) is 0 Å². The Labute approximate surface area is 102 Å². The Morgan fingerprint density at radius 3 is 2.65 bits per heavy atom. The van der Waals surface area contributed by atoms with Gasteiger partial charge in [0.15, 0.2) is 0 Å². The Bertz CT molecular complexity index is 391. The first-order valence-electron chi connectivity index (χ1n) is 6.05. The van der Waals surface area contributed by atoms with Crippen molar-refractivity contribution < 1.29 is 4.92 Å². The number of nitro benzene ring substituents is 1. The lowest BCUT2D eigenvalue weighted by Crippen LogP contribution is -2.30. The monoisotopic (exact) mass is 236 g/mol. The van der Waals surface area contributed by atoms with Crippen LogP contribution >= 0.6 is 0 Å². The third-order valence-electron chi connectivity index (χ3n) is 2.88. The Morgan fingerprint density at radius 1 is 1.41 bits per heavy atom. The average Bonchev–Trinajstić information content (AvgIpc) is 2.28. The molecule has 0 aliphatic carbocycles. The summed E-state index contributed by atoms with van der Waals surface area (Å²) in [5.41, 5.74) is 2.12. The molecule has 0 heterocycles. The van der Waals surface area contributed by atoms with Gasteiger partial charge >= 0.3 is 0 Å². The van der Waals surface area contributed by atoms with Crippen molar-refractivity contribution in [1.82, 2.24) is 5.32 Å². The van der Waals surface area contributed by atoms with Gasteiger partial charge in [-0.2, -0.15) is 0 Å². The lowest BCUT2D eigenvalue weighted by molar-refractivity contribution is -0.385. The molecule has 1 N–H and O–H groups in total. The maximum atomic E-state index is 10.9. The highest BCUT2D eigenvalue weighted by Crippen LogP contribution is 2.21. The van der Waals surface area contributed by atoms with E-state index in [0.717, 1.165) is 24.1 Å². The summed E-state index contributed by atoms with van der Waals surface area (Å²) in [4.78, 5) is 10.6. The van der Waals surface area contributed by atoms with Crippen LogP contribution in [0.5, 0.6) is 0 Å². The highest BCUT2D eigenvalue weighted by Gasteiger charge is 2.16. The summed E-state index contributed by atoms with van der Waals surface area (Å²) in [7, 11) is 0. The van der Waals surface area contributed by atoms with Crippen LogP contribution in [-0.2, 0) is 6.42 Å². The Morgan fingerprint density at radius 2 is 2.12 bits per heavy atom. The molecule has 4 heteroatoms. The van der Waals surface area contributed by atoms with Crippen LogP contribution in [0.3, 0.4) is 0 Å². The Kier molecular flexibility index (Phi) is 5.10. The van der Waals surface area contributed by atoms with Gasteiger partial charge in [0.2, 0.25) is 0 Å². The quantitative estimate of drug-likeness (QED) is 0.610. The SMILES string of the molecule is CCNC(CC)Cc1cc(C)ccc1[N+](=O)[O-]. The molecule has 0 radical (unpaired) electrons. The number of nitro groups is 1. The Hall–Kier alpha value is -1.42. The van der Waals surface area contributed by atoms with Crippen molar-refractivity contribution in [2.75, 3.05) is 6.54 Å². The lowest BCUT2D eigenvalue weighted by atomic mass is 10.0. The molecular formula is C13H20N2O2. The molecule has 1 aromatic rings. The summed E-state index contributed by atoms with van der Waals surface area (Å²) in [6.45, 7) is 6.99. The third-order valence-corrected chi connectivity index (χ3v) is 2.88. The summed E-state index contributed by atoms with van der Waals surface area (Å²) in [6.07, 6.45) is 1.68. The summed E-state index contributed by atoms with van der Waals surface area (Å²) >= 11 is 0. The number of aryl methyl sites for hydroxylation is 1. The molecular weight excluding hydrogens is 216 g/mol. The molecule has 1 aromatic carbocycles. The second-order valence-corrected chi connectivity index (χ2v) is 4.26. The largest absolute Gasteiger partial charge is 0.314 e. The smallest absolute Gasteiger partial charge is 0.272 e. The van der Waals surface area contributed by atoms with E-state index >= 15 is 0 Å². The highest BCUT2D eigenvalue weighted by atomic mass is 16.6. The topological polar surface area (TPSA) is 55.2 Å². The standard InChI is InChI=1S/C13H20N2O2/c1-4-12(14-5-2)9-11-8-10(3)6-7-13(11)15(16)17/h6-8,12,14H,4-5,9H2,1-3H3. The zero-order valence-corrected chi connectivity index (χ0v) is 10.7. The van der Waals surface area contributed by atoms with Crippen LogP contribution in [0.1, 0.15) is 31.4 Å². The van der Waals surface area contributed by atoms with Crippen LogP contribution in [0, 0.1) is 17.0 Å². The number of hydrogen-bond acceptors (Lipinski definition) is 3. The van der Waals surface area contributed by atoms with E-state index in [4.69, 9.17) is 0 Å². The lowest BCUT2D eigenvalue weighted by Gasteiger charge is -2.16. The molecule has 17 heavy (non-hydrogen) atoms. The van der Waals surface area contributed by atoms with Gasteiger partial charge in [-0.05, 0) is 32.4 Å². The van der Waals surface area contributed by atoms with E-state index in [2.05, 4.69) is 12.2 Å². The number of likely N-dealkylation sites (N-methyl/N-ethyl adjacent to an activating group) is 1. The van der Waals surface area contributed by atoms with Gasteiger partial charge < -0.3 is 5.32 Å². The van der Waals surface area contributed by atoms with E-state index in [0.29, 0.717) is 12.5 Å². The molecule has 0 aliphatic rings. The first kappa shape index (κ1) is 13.6. The molecule has 4 nitrogen and oxygen atoms in total. The first-order valence-corrected chi connectivity index (χ1v) is 6.05. The molecule has 0 fully saturated rings. The minimum atomic E-state index is -0.298. The second-order valence-electron chi connectivity index (χ2n) is 4.26. The number of nitrogens with one attached hydrogen (secondary N) is 1. The van der Waals surface area contributed by atoms with E-state index in [1.54, 1.807) is 12.1 Å². The maximum absolute atomic E-state index is 10.9. The van der Waals surface area contributed by atoms with Crippen molar-refractivity contribution >= 4 is 5.69 Å². The fourth-order valence-electron chi connectivity index (χ4n) is 1.97. The zero-order valence-electron chi connectivity index (χ0n) is 10.7. The fraction of sp³-hybridized carbons (Fsp3) is 0.538. The third kappa shape index (κ3) is 3.82. The summed E-state index contributed by atoms with van der Waals surface area (Å²) < 4.78 is 0. The second kappa shape index (κ2) is 6.35. The van der Waals surface area contributed by atoms with Crippen molar-refractivity contribution in [3.05, 3.63) is 39.4 Å². The number of benzene rings is 1. The molecule has 1 unspecified atom stereocenters. The minimum absolute atomic E-state index is 0.229. The fourth-order valence-corrected chi connectivity index (χ4v) is 1.97.